The second kappa shape index (κ2) is 3.23. The first kappa shape index (κ1) is 7.74. The van der Waals surface area contributed by atoms with E-state index >= 15 is 0 Å². The van der Waals surface area contributed by atoms with Crippen LogP contribution in [0.2, 0.25) is 0 Å². The summed E-state index contributed by atoms with van der Waals surface area (Å²) in [5.74, 6) is 0. The normalized spacial score (nSPS) is 21.9. The Bertz CT molecular complexity index is 270. The Hall–Kier alpha value is -0.890. The van der Waals surface area contributed by atoms with Crippen molar-refractivity contribution in [1.29, 1.82) is 0 Å². The molecule has 0 unspecified atom stereocenters. The van der Waals surface area contributed by atoms with E-state index in [4.69, 9.17) is 0 Å². The Morgan fingerprint density at radius 1 is 1.58 bits per heavy atom. The summed E-state index contributed by atoms with van der Waals surface area (Å²) in [7, 11) is 2.01. The molecule has 0 saturated heterocycles. The maximum atomic E-state index is 4.41. The number of nitrogens with one attached hydrogen (secondary N) is 1. The van der Waals surface area contributed by atoms with Gasteiger partial charge >= 0.3 is 0 Å². The minimum absolute atomic E-state index is 0.481. The Morgan fingerprint density at radius 2 is 2.50 bits per heavy atom. The fourth-order valence-corrected chi connectivity index (χ4v) is 1.89. The lowest BCUT2D eigenvalue weighted by atomic mass is 9.92. The number of rotatable bonds is 1. The lowest BCUT2D eigenvalue weighted by Crippen LogP contribution is -2.22. The van der Waals surface area contributed by atoms with Crippen molar-refractivity contribution in [3.8, 4) is 0 Å². The molecule has 0 aliphatic heterocycles. The first-order chi connectivity index (χ1) is 5.92. The molecule has 0 saturated carbocycles. The highest BCUT2D eigenvalue weighted by atomic mass is 14.9. The quantitative estimate of drug-likeness (QED) is 0.679. The lowest BCUT2D eigenvalue weighted by Gasteiger charge is -2.23. The third-order valence-electron chi connectivity index (χ3n) is 2.54. The van der Waals surface area contributed by atoms with Gasteiger partial charge in [-0.2, -0.15) is 0 Å². The maximum absolute atomic E-state index is 4.41. The number of aryl methyl sites for hydroxylation is 1. The largest absolute Gasteiger partial charge is 0.312 e. The summed E-state index contributed by atoms with van der Waals surface area (Å²) < 4.78 is 0. The van der Waals surface area contributed by atoms with Gasteiger partial charge in [0, 0.05) is 12.2 Å². The average Bonchev–Trinajstić information content (AvgIpc) is 2.17. The maximum Gasteiger partial charge on any atom is 0.0604 e. The third kappa shape index (κ3) is 1.23. The second-order valence-electron chi connectivity index (χ2n) is 3.28. The van der Waals surface area contributed by atoms with E-state index in [2.05, 4.69) is 16.4 Å². The first-order valence-corrected chi connectivity index (χ1v) is 4.53. The highest BCUT2D eigenvalue weighted by Crippen LogP contribution is 2.26. The van der Waals surface area contributed by atoms with Gasteiger partial charge in [0.1, 0.15) is 0 Å². The summed E-state index contributed by atoms with van der Waals surface area (Å²) in [6.45, 7) is 0. The molecule has 1 aromatic heterocycles. The predicted molar refractivity (Wildman–Crippen MR) is 49.0 cm³/mol. The molecule has 1 aliphatic rings. The molecule has 0 bridgehead atoms. The average molecular weight is 162 g/mol. The van der Waals surface area contributed by atoms with Crippen molar-refractivity contribution in [1.82, 2.24) is 10.3 Å². The number of hydrogen-bond acceptors (Lipinski definition) is 2. The van der Waals surface area contributed by atoms with Crippen LogP contribution in [0, 0.1) is 0 Å². The van der Waals surface area contributed by atoms with E-state index in [1.165, 1.54) is 30.5 Å². The Morgan fingerprint density at radius 3 is 3.33 bits per heavy atom. The van der Waals surface area contributed by atoms with Crippen LogP contribution in [-0.2, 0) is 6.42 Å². The zero-order chi connectivity index (χ0) is 8.39. The van der Waals surface area contributed by atoms with Crippen molar-refractivity contribution < 1.29 is 0 Å². The summed E-state index contributed by atoms with van der Waals surface area (Å²) in [6, 6.07) is 4.69. The molecule has 1 heterocycles. The second-order valence-corrected chi connectivity index (χ2v) is 3.28. The predicted octanol–water partition coefficient (Wildman–Crippen LogP) is 1.68. The molecular weight excluding hydrogens is 148 g/mol. The van der Waals surface area contributed by atoms with Gasteiger partial charge in [0.15, 0.2) is 0 Å². The van der Waals surface area contributed by atoms with Crippen molar-refractivity contribution >= 4 is 0 Å². The minimum atomic E-state index is 0.481. The molecule has 1 atom stereocenters. The molecule has 0 radical (unpaired) electrons. The Balaban J connectivity index is 2.37. The van der Waals surface area contributed by atoms with Gasteiger partial charge in [-0.1, -0.05) is 6.07 Å². The molecule has 0 spiro atoms. The molecular formula is C10H14N2. The van der Waals surface area contributed by atoms with Crippen LogP contribution < -0.4 is 5.32 Å². The van der Waals surface area contributed by atoms with Crippen LogP contribution in [0.1, 0.15) is 30.1 Å². The van der Waals surface area contributed by atoms with E-state index in [9.17, 15) is 0 Å². The van der Waals surface area contributed by atoms with Crippen molar-refractivity contribution in [2.75, 3.05) is 7.05 Å². The summed E-state index contributed by atoms with van der Waals surface area (Å²) in [6.07, 6.45) is 5.58. The van der Waals surface area contributed by atoms with Crippen LogP contribution in [0.3, 0.4) is 0 Å². The summed E-state index contributed by atoms with van der Waals surface area (Å²) >= 11 is 0. The van der Waals surface area contributed by atoms with Crippen LogP contribution in [0.25, 0.3) is 0 Å². The molecule has 2 heteroatoms. The van der Waals surface area contributed by atoms with Gasteiger partial charge in [-0.25, -0.2) is 0 Å². The molecule has 1 N–H and O–H groups in total. The Labute approximate surface area is 73.0 Å². The molecule has 2 nitrogen and oxygen atoms in total. The number of hydrogen-bond donors (Lipinski definition) is 1. The van der Waals surface area contributed by atoms with Gasteiger partial charge in [-0.3, -0.25) is 4.98 Å². The first-order valence-electron chi connectivity index (χ1n) is 4.53. The van der Waals surface area contributed by atoms with Crippen LogP contribution in [0.5, 0.6) is 0 Å². The van der Waals surface area contributed by atoms with Crippen molar-refractivity contribution in [3.05, 3.63) is 29.6 Å². The standard InChI is InChI=1S/C10H14N2/c1-11-9-6-2-4-8-5-3-7-12-10(8)9/h3,5,7,9,11H,2,4,6H2,1H3/t9-/m1/s1. The van der Waals surface area contributed by atoms with E-state index in [0.717, 1.165) is 0 Å². The van der Waals surface area contributed by atoms with Gasteiger partial charge in [-0.05, 0) is 37.9 Å². The zero-order valence-corrected chi connectivity index (χ0v) is 7.38. The highest BCUT2D eigenvalue weighted by Gasteiger charge is 2.18. The number of fused-ring (bicyclic) bond motifs is 1. The molecule has 64 valence electrons. The smallest absolute Gasteiger partial charge is 0.0604 e. The van der Waals surface area contributed by atoms with Crippen molar-refractivity contribution in [2.45, 2.75) is 25.3 Å². The number of nitrogens with zero attached hydrogens (tertiary/aromatic N) is 1. The molecule has 12 heavy (non-hydrogen) atoms. The van der Waals surface area contributed by atoms with Gasteiger partial charge in [0.25, 0.3) is 0 Å². The number of aromatic nitrogens is 1. The molecule has 1 aromatic rings. The van der Waals surface area contributed by atoms with Crippen LogP contribution in [0.15, 0.2) is 18.3 Å². The fraction of sp³-hybridized carbons (Fsp3) is 0.500. The summed E-state index contributed by atoms with van der Waals surface area (Å²) in [5.41, 5.74) is 2.68. The van der Waals surface area contributed by atoms with E-state index in [-0.39, 0.29) is 0 Å². The summed E-state index contributed by atoms with van der Waals surface area (Å²) in [5, 5.41) is 3.30. The highest BCUT2D eigenvalue weighted by molar-refractivity contribution is 5.25. The Kier molecular flexibility index (Phi) is 2.09. The van der Waals surface area contributed by atoms with Crippen LogP contribution in [0.4, 0.5) is 0 Å². The van der Waals surface area contributed by atoms with E-state index in [0.29, 0.717) is 6.04 Å². The van der Waals surface area contributed by atoms with Gasteiger partial charge < -0.3 is 5.32 Å². The van der Waals surface area contributed by atoms with Gasteiger partial charge in [0.05, 0.1) is 5.69 Å². The lowest BCUT2D eigenvalue weighted by molar-refractivity contribution is 0.483. The van der Waals surface area contributed by atoms with E-state index < -0.39 is 0 Å². The number of pyridine rings is 1. The zero-order valence-electron chi connectivity index (χ0n) is 7.38. The monoisotopic (exact) mass is 162 g/mol. The minimum Gasteiger partial charge on any atom is -0.312 e. The van der Waals surface area contributed by atoms with Crippen molar-refractivity contribution in [2.24, 2.45) is 0 Å². The molecule has 0 amide bonds. The molecule has 1 aliphatic carbocycles. The van der Waals surface area contributed by atoms with Crippen molar-refractivity contribution in [3.63, 3.8) is 0 Å². The molecule has 0 aromatic carbocycles. The van der Waals surface area contributed by atoms with Gasteiger partial charge in [-0.15, -0.1) is 0 Å². The van der Waals surface area contributed by atoms with Gasteiger partial charge in [0.2, 0.25) is 0 Å². The third-order valence-corrected chi connectivity index (χ3v) is 2.54. The van der Waals surface area contributed by atoms with Crippen LogP contribution >= 0.6 is 0 Å². The SMILES string of the molecule is CN[C@@H]1CCCc2cccnc21. The molecule has 0 fully saturated rings. The van der Waals surface area contributed by atoms with E-state index in [1.807, 2.05) is 19.3 Å². The van der Waals surface area contributed by atoms with Crippen LogP contribution in [-0.4, -0.2) is 12.0 Å². The fourth-order valence-electron chi connectivity index (χ4n) is 1.89. The summed E-state index contributed by atoms with van der Waals surface area (Å²) in [4.78, 5) is 4.41. The molecule has 2 rings (SSSR count). The van der Waals surface area contributed by atoms with E-state index in [1.54, 1.807) is 0 Å². The topological polar surface area (TPSA) is 24.9 Å².